The second kappa shape index (κ2) is 7.25. The number of benzene rings is 1. The van der Waals surface area contributed by atoms with Gasteiger partial charge < -0.3 is 15.4 Å². The fraction of sp³-hybridized carbons (Fsp3) is 0.364. The number of nitrogen functional groups attached to an aromatic ring is 1. The van der Waals surface area contributed by atoms with Crippen LogP contribution in [0.3, 0.4) is 0 Å². The third-order valence-electron chi connectivity index (χ3n) is 2.05. The predicted octanol–water partition coefficient (Wildman–Crippen LogP) is 2.55. The van der Waals surface area contributed by atoms with Gasteiger partial charge in [-0.1, -0.05) is 0 Å². The Labute approximate surface area is 110 Å². The largest absolute Gasteiger partial charge is 0.415 e. The monoisotopic (exact) mass is 276 g/mol. The molecule has 6 heteroatoms. The highest BCUT2D eigenvalue weighted by Crippen LogP contribution is 2.14. The molecule has 0 atom stereocenters. The van der Waals surface area contributed by atoms with E-state index in [1.54, 1.807) is 24.3 Å². The molecule has 0 aliphatic rings. The highest BCUT2D eigenvalue weighted by atomic mass is 35.5. The molecule has 2 N–H and O–H groups in total. The third-order valence-corrected chi connectivity index (χ3v) is 2.39. The minimum atomic E-state index is -0.462. The minimum absolute atomic E-state index is 0.341. The van der Waals surface area contributed by atoms with Crippen LogP contribution in [0.1, 0.15) is 0 Å². The van der Waals surface area contributed by atoms with Crippen molar-refractivity contribution in [3.63, 3.8) is 0 Å². The van der Waals surface area contributed by atoms with Crippen LogP contribution in [0, 0.1) is 0 Å². The van der Waals surface area contributed by atoms with Gasteiger partial charge in [0, 0.05) is 30.5 Å². The van der Waals surface area contributed by atoms with Gasteiger partial charge in [-0.25, -0.2) is 4.79 Å². The summed E-state index contributed by atoms with van der Waals surface area (Å²) in [6, 6.07) is 6.59. The maximum atomic E-state index is 11.7. The van der Waals surface area contributed by atoms with Crippen molar-refractivity contribution in [2.45, 2.75) is 0 Å². The van der Waals surface area contributed by atoms with Gasteiger partial charge in [-0.05, 0) is 24.3 Å². The van der Waals surface area contributed by atoms with Crippen LogP contribution in [-0.2, 0) is 0 Å². The Balaban J connectivity index is 2.59. The standard InChI is InChI=1S/C11H14Cl2N2O2/c12-5-7-15(8-6-13)11(16)17-10-3-1-9(14)2-4-10/h1-4H,5-8,14H2. The molecule has 1 aromatic carbocycles. The summed E-state index contributed by atoms with van der Waals surface area (Å²) in [5.74, 6) is 1.12. The van der Waals surface area contributed by atoms with Gasteiger partial charge in [-0.2, -0.15) is 0 Å². The van der Waals surface area contributed by atoms with Gasteiger partial charge in [0.2, 0.25) is 0 Å². The molecule has 0 aromatic heterocycles. The van der Waals surface area contributed by atoms with Crippen molar-refractivity contribution in [3.05, 3.63) is 24.3 Å². The summed E-state index contributed by atoms with van der Waals surface area (Å²) in [5.41, 5.74) is 6.14. The lowest BCUT2D eigenvalue weighted by Crippen LogP contribution is -2.36. The quantitative estimate of drug-likeness (QED) is 0.664. The molecular formula is C11H14Cl2N2O2. The molecule has 0 unspecified atom stereocenters. The van der Waals surface area contributed by atoms with Gasteiger partial charge >= 0.3 is 6.09 Å². The predicted molar refractivity (Wildman–Crippen MR) is 69.9 cm³/mol. The summed E-state index contributed by atoms with van der Waals surface area (Å²) < 4.78 is 5.15. The summed E-state index contributed by atoms with van der Waals surface area (Å²) in [5, 5.41) is 0. The average Bonchev–Trinajstić information content (AvgIpc) is 2.32. The Morgan fingerprint density at radius 3 is 2.18 bits per heavy atom. The number of halogens is 2. The first-order valence-electron chi connectivity index (χ1n) is 5.11. The van der Waals surface area contributed by atoms with Crippen molar-refractivity contribution < 1.29 is 9.53 Å². The number of nitrogens with two attached hydrogens (primary N) is 1. The van der Waals surface area contributed by atoms with Gasteiger partial charge in [-0.15, -0.1) is 23.2 Å². The molecule has 0 fully saturated rings. The van der Waals surface area contributed by atoms with Crippen LogP contribution in [-0.4, -0.2) is 35.8 Å². The van der Waals surface area contributed by atoms with Gasteiger partial charge in [-0.3, -0.25) is 0 Å². The van der Waals surface area contributed by atoms with Crippen molar-refractivity contribution >= 4 is 35.0 Å². The van der Waals surface area contributed by atoms with Crippen LogP contribution in [0.25, 0.3) is 0 Å². The maximum absolute atomic E-state index is 11.7. The van der Waals surface area contributed by atoms with E-state index in [9.17, 15) is 4.79 Å². The SMILES string of the molecule is Nc1ccc(OC(=O)N(CCCl)CCCl)cc1. The number of anilines is 1. The second-order valence-electron chi connectivity index (χ2n) is 3.30. The molecule has 0 saturated heterocycles. The topological polar surface area (TPSA) is 55.6 Å². The average molecular weight is 277 g/mol. The van der Waals surface area contributed by atoms with E-state index in [0.717, 1.165) is 0 Å². The summed E-state index contributed by atoms with van der Waals surface area (Å²) in [6.07, 6.45) is -0.462. The molecule has 0 aliphatic carbocycles. The molecule has 0 aliphatic heterocycles. The van der Waals surface area contributed by atoms with Crippen molar-refractivity contribution in [1.29, 1.82) is 0 Å². The number of amides is 1. The molecule has 0 bridgehead atoms. The smallest absolute Gasteiger partial charge is 0.410 e. The van der Waals surface area contributed by atoms with Crippen molar-refractivity contribution in [3.8, 4) is 5.75 Å². The highest BCUT2D eigenvalue weighted by Gasteiger charge is 2.14. The number of ether oxygens (including phenoxy) is 1. The Morgan fingerprint density at radius 2 is 1.71 bits per heavy atom. The van der Waals surface area contributed by atoms with Crippen molar-refractivity contribution in [2.24, 2.45) is 0 Å². The lowest BCUT2D eigenvalue weighted by atomic mass is 10.3. The van der Waals surface area contributed by atoms with Crippen LogP contribution in [0.5, 0.6) is 5.75 Å². The van der Waals surface area contributed by atoms with E-state index in [2.05, 4.69) is 0 Å². The molecule has 0 heterocycles. The van der Waals surface area contributed by atoms with E-state index < -0.39 is 6.09 Å². The molecule has 0 spiro atoms. The van der Waals surface area contributed by atoms with E-state index >= 15 is 0 Å². The number of carbonyl (C=O) groups is 1. The fourth-order valence-corrected chi connectivity index (χ4v) is 1.61. The number of hydrogen-bond acceptors (Lipinski definition) is 3. The number of alkyl halides is 2. The first-order valence-corrected chi connectivity index (χ1v) is 6.18. The molecule has 0 radical (unpaired) electrons. The van der Waals surface area contributed by atoms with E-state index in [1.165, 1.54) is 4.90 Å². The van der Waals surface area contributed by atoms with E-state index in [4.69, 9.17) is 33.7 Å². The zero-order chi connectivity index (χ0) is 12.7. The van der Waals surface area contributed by atoms with Crippen LogP contribution in [0.2, 0.25) is 0 Å². The number of nitrogens with zero attached hydrogens (tertiary/aromatic N) is 1. The molecule has 1 aromatic rings. The lowest BCUT2D eigenvalue weighted by molar-refractivity contribution is 0.158. The summed E-state index contributed by atoms with van der Waals surface area (Å²) in [4.78, 5) is 13.2. The molecule has 4 nitrogen and oxygen atoms in total. The summed E-state index contributed by atoms with van der Waals surface area (Å²) in [7, 11) is 0. The Morgan fingerprint density at radius 1 is 1.18 bits per heavy atom. The minimum Gasteiger partial charge on any atom is -0.410 e. The molecule has 94 valence electrons. The van der Waals surface area contributed by atoms with Crippen LogP contribution in [0.4, 0.5) is 10.5 Å². The van der Waals surface area contributed by atoms with E-state index in [0.29, 0.717) is 36.3 Å². The van der Waals surface area contributed by atoms with Crippen LogP contribution in [0.15, 0.2) is 24.3 Å². The zero-order valence-electron chi connectivity index (χ0n) is 9.23. The second-order valence-corrected chi connectivity index (χ2v) is 4.06. The van der Waals surface area contributed by atoms with Crippen molar-refractivity contribution in [1.82, 2.24) is 4.90 Å². The summed E-state index contributed by atoms with van der Waals surface area (Å²) in [6.45, 7) is 0.810. The molecule has 17 heavy (non-hydrogen) atoms. The van der Waals surface area contributed by atoms with E-state index in [1.807, 2.05) is 0 Å². The van der Waals surface area contributed by atoms with E-state index in [-0.39, 0.29) is 0 Å². The molecular weight excluding hydrogens is 263 g/mol. The van der Waals surface area contributed by atoms with Crippen LogP contribution >= 0.6 is 23.2 Å². The number of rotatable bonds is 5. The van der Waals surface area contributed by atoms with Gasteiger partial charge in [0.25, 0.3) is 0 Å². The Hall–Kier alpha value is -1.13. The maximum Gasteiger partial charge on any atom is 0.415 e. The zero-order valence-corrected chi connectivity index (χ0v) is 10.7. The van der Waals surface area contributed by atoms with Crippen molar-refractivity contribution in [2.75, 3.05) is 30.6 Å². The van der Waals surface area contributed by atoms with Crippen LogP contribution < -0.4 is 10.5 Å². The number of hydrogen-bond donors (Lipinski definition) is 1. The lowest BCUT2D eigenvalue weighted by Gasteiger charge is -2.19. The first-order chi connectivity index (χ1) is 8.17. The molecule has 0 saturated carbocycles. The van der Waals surface area contributed by atoms with Gasteiger partial charge in [0.15, 0.2) is 0 Å². The molecule has 1 amide bonds. The van der Waals surface area contributed by atoms with Gasteiger partial charge in [0.1, 0.15) is 5.75 Å². The summed E-state index contributed by atoms with van der Waals surface area (Å²) >= 11 is 11.2. The first kappa shape index (κ1) is 13.9. The molecule has 1 rings (SSSR count). The Bertz CT molecular complexity index is 351. The number of carbonyl (C=O) groups excluding carboxylic acids is 1. The normalized spacial score (nSPS) is 10.0. The van der Waals surface area contributed by atoms with Gasteiger partial charge in [0.05, 0.1) is 0 Å². The highest BCUT2D eigenvalue weighted by molar-refractivity contribution is 6.18. The fourth-order valence-electron chi connectivity index (χ4n) is 1.20. The third kappa shape index (κ3) is 4.71. The Kier molecular flexibility index (Phi) is 5.94.